The third-order valence-corrected chi connectivity index (χ3v) is 3.88. The molecule has 130 valence electrons. The maximum Gasteiger partial charge on any atom is 0.282 e. The van der Waals surface area contributed by atoms with Crippen LogP contribution in [0.25, 0.3) is 10.9 Å². The van der Waals surface area contributed by atoms with Crippen LogP contribution in [0.3, 0.4) is 0 Å². The molecule has 0 saturated heterocycles. The molecule has 0 aliphatic rings. The van der Waals surface area contributed by atoms with Crippen molar-refractivity contribution in [3.63, 3.8) is 0 Å². The van der Waals surface area contributed by atoms with Crippen LogP contribution in [0.4, 0.5) is 11.4 Å². The average Bonchev–Trinajstić information content (AvgIpc) is 2.62. The number of nitrogens with zero attached hydrogens (tertiary/aromatic N) is 2. The lowest BCUT2D eigenvalue weighted by Gasteiger charge is -2.12. The molecule has 0 atom stereocenters. The number of carbonyl (C=O) groups excluding carboxylic acids is 1. The first-order valence-corrected chi connectivity index (χ1v) is 8.08. The smallest absolute Gasteiger partial charge is 0.282 e. The number of nitrogens with one attached hydrogen (secondary N) is 2. The molecule has 0 unspecified atom stereocenters. The largest absolute Gasteiger partial charge is 0.331 e. The van der Waals surface area contributed by atoms with Crippen LogP contribution >= 0.6 is 12.2 Å². The molecular formula is C18H14N4O3S. The van der Waals surface area contributed by atoms with E-state index >= 15 is 0 Å². The third kappa shape index (κ3) is 3.65. The Morgan fingerprint density at radius 3 is 2.65 bits per heavy atom. The van der Waals surface area contributed by atoms with Crippen molar-refractivity contribution in [2.45, 2.75) is 6.92 Å². The predicted molar refractivity (Wildman–Crippen MR) is 103 cm³/mol. The number of amides is 1. The average molecular weight is 366 g/mol. The van der Waals surface area contributed by atoms with E-state index in [1.165, 1.54) is 18.2 Å². The van der Waals surface area contributed by atoms with E-state index in [9.17, 15) is 14.9 Å². The van der Waals surface area contributed by atoms with Gasteiger partial charge in [0, 0.05) is 17.1 Å². The second-order valence-corrected chi connectivity index (χ2v) is 5.92. The van der Waals surface area contributed by atoms with Gasteiger partial charge in [0.25, 0.3) is 11.6 Å². The number of hydrogen-bond acceptors (Lipinski definition) is 5. The molecule has 0 spiro atoms. The van der Waals surface area contributed by atoms with E-state index in [0.717, 1.165) is 16.6 Å². The molecule has 2 aromatic carbocycles. The summed E-state index contributed by atoms with van der Waals surface area (Å²) < 4.78 is 0. The molecule has 2 N–H and O–H groups in total. The second-order valence-electron chi connectivity index (χ2n) is 5.51. The third-order valence-electron chi connectivity index (χ3n) is 3.68. The van der Waals surface area contributed by atoms with Crippen LogP contribution < -0.4 is 10.6 Å². The van der Waals surface area contributed by atoms with Crippen molar-refractivity contribution in [1.29, 1.82) is 0 Å². The zero-order valence-corrected chi connectivity index (χ0v) is 14.5. The highest BCUT2D eigenvalue weighted by Crippen LogP contribution is 2.22. The summed E-state index contributed by atoms with van der Waals surface area (Å²) in [6.45, 7) is 1.88. The highest BCUT2D eigenvalue weighted by Gasteiger charge is 2.20. The van der Waals surface area contributed by atoms with Crippen molar-refractivity contribution in [1.82, 2.24) is 10.3 Å². The molecule has 3 aromatic rings. The van der Waals surface area contributed by atoms with Crippen LogP contribution in [-0.2, 0) is 0 Å². The molecule has 1 heterocycles. The van der Waals surface area contributed by atoms with Crippen molar-refractivity contribution < 1.29 is 9.72 Å². The molecular weight excluding hydrogens is 352 g/mol. The molecule has 26 heavy (non-hydrogen) atoms. The zero-order chi connectivity index (χ0) is 18.7. The minimum atomic E-state index is -0.654. The van der Waals surface area contributed by atoms with Crippen molar-refractivity contribution in [3.05, 3.63) is 76.0 Å². The number of hydrogen-bond donors (Lipinski definition) is 2. The first-order chi connectivity index (χ1) is 12.5. The predicted octanol–water partition coefficient (Wildman–Crippen LogP) is 3.58. The summed E-state index contributed by atoms with van der Waals surface area (Å²) in [6, 6.07) is 15.1. The molecule has 8 heteroatoms. The quantitative estimate of drug-likeness (QED) is 0.418. The van der Waals surface area contributed by atoms with Crippen molar-refractivity contribution in [3.8, 4) is 0 Å². The number of thiocarbonyl (C=S) groups is 1. The minimum Gasteiger partial charge on any atom is -0.331 e. The number of aromatic nitrogens is 1. The summed E-state index contributed by atoms with van der Waals surface area (Å²) in [6.07, 6.45) is 0. The Labute approximate surface area is 154 Å². The molecule has 1 aromatic heterocycles. The van der Waals surface area contributed by atoms with Crippen molar-refractivity contribution in [2.75, 3.05) is 5.32 Å². The fourth-order valence-electron chi connectivity index (χ4n) is 2.49. The SMILES string of the molecule is Cc1ccc2cccc(NC(=S)NC(=O)c3ccccc3[N+](=O)[O-])c2n1. The van der Waals surface area contributed by atoms with Crippen LogP contribution in [0, 0.1) is 17.0 Å². The van der Waals surface area contributed by atoms with Crippen LogP contribution in [0.5, 0.6) is 0 Å². The maximum atomic E-state index is 12.3. The highest BCUT2D eigenvalue weighted by atomic mass is 32.1. The van der Waals surface area contributed by atoms with Crippen molar-refractivity contribution in [2.24, 2.45) is 0 Å². The maximum absolute atomic E-state index is 12.3. The van der Waals surface area contributed by atoms with Gasteiger partial charge >= 0.3 is 0 Å². The van der Waals surface area contributed by atoms with Gasteiger partial charge in [-0.1, -0.05) is 30.3 Å². The fraction of sp³-hybridized carbons (Fsp3) is 0.0556. The van der Waals surface area contributed by atoms with Gasteiger partial charge in [-0.25, -0.2) is 0 Å². The monoisotopic (exact) mass is 366 g/mol. The number of rotatable bonds is 3. The van der Waals surface area contributed by atoms with E-state index in [1.807, 2.05) is 31.2 Å². The molecule has 3 rings (SSSR count). The van der Waals surface area contributed by atoms with E-state index < -0.39 is 10.8 Å². The second kappa shape index (κ2) is 7.24. The number of aryl methyl sites for hydroxylation is 1. The highest BCUT2D eigenvalue weighted by molar-refractivity contribution is 7.80. The number of nitro benzene ring substituents is 1. The minimum absolute atomic E-state index is 0.0314. The number of nitro groups is 1. The summed E-state index contributed by atoms with van der Waals surface area (Å²) in [5.74, 6) is -0.654. The molecule has 0 radical (unpaired) electrons. The van der Waals surface area contributed by atoms with Gasteiger partial charge in [0.05, 0.1) is 16.1 Å². The Bertz CT molecular complexity index is 1040. The molecule has 0 aliphatic carbocycles. The van der Waals surface area contributed by atoms with E-state index in [1.54, 1.807) is 12.1 Å². The van der Waals surface area contributed by atoms with Gasteiger partial charge in [0.15, 0.2) is 5.11 Å². The Balaban J connectivity index is 1.81. The fourth-order valence-corrected chi connectivity index (χ4v) is 2.70. The molecule has 0 bridgehead atoms. The molecule has 7 nitrogen and oxygen atoms in total. The molecule has 0 saturated carbocycles. The summed E-state index contributed by atoms with van der Waals surface area (Å²) in [7, 11) is 0. The zero-order valence-electron chi connectivity index (χ0n) is 13.7. The number of carbonyl (C=O) groups is 1. The number of anilines is 1. The van der Waals surface area contributed by atoms with E-state index in [-0.39, 0.29) is 16.4 Å². The lowest BCUT2D eigenvalue weighted by molar-refractivity contribution is -0.385. The lowest BCUT2D eigenvalue weighted by Crippen LogP contribution is -2.34. The Hall–Kier alpha value is -3.39. The van der Waals surface area contributed by atoms with Crippen LogP contribution in [0.15, 0.2) is 54.6 Å². The Morgan fingerprint density at radius 1 is 1.12 bits per heavy atom. The van der Waals surface area contributed by atoms with E-state index in [0.29, 0.717) is 5.69 Å². The summed E-state index contributed by atoms with van der Waals surface area (Å²) >= 11 is 5.18. The van der Waals surface area contributed by atoms with Gasteiger partial charge in [0.2, 0.25) is 0 Å². The van der Waals surface area contributed by atoms with E-state index in [2.05, 4.69) is 15.6 Å². The van der Waals surface area contributed by atoms with Gasteiger partial charge < -0.3 is 5.32 Å². The first kappa shape index (κ1) is 17.4. The van der Waals surface area contributed by atoms with Gasteiger partial charge in [-0.2, -0.15) is 0 Å². The summed E-state index contributed by atoms with van der Waals surface area (Å²) in [4.78, 5) is 27.3. The lowest BCUT2D eigenvalue weighted by atomic mass is 10.1. The van der Waals surface area contributed by atoms with E-state index in [4.69, 9.17) is 12.2 Å². The topological polar surface area (TPSA) is 97.2 Å². The van der Waals surface area contributed by atoms with Crippen LogP contribution in [0.2, 0.25) is 0 Å². The number of fused-ring (bicyclic) bond motifs is 1. The number of pyridine rings is 1. The number of benzene rings is 2. The van der Waals surface area contributed by atoms with Crippen LogP contribution in [0.1, 0.15) is 16.1 Å². The molecule has 1 amide bonds. The van der Waals surface area contributed by atoms with Gasteiger partial charge in [0.1, 0.15) is 5.56 Å². The number of para-hydroxylation sites is 2. The first-order valence-electron chi connectivity index (χ1n) is 7.68. The summed E-state index contributed by atoms with van der Waals surface area (Å²) in [5.41, 5.74) is 1.86. The van der Waals surface area contributed by atoms with Crippen molar-refractivity contribution >= 4 is 45.5 Å². The molecule has 0 aliphatic heterocycles. The Morgan fingerprint density at radius 2 is 1.88 bits per heavy atom. The Kier molecular flexibility index (Phi) is 4.85. The van der Waals surface area contributed by atoms with Gasteiger partial charge in [-0.05, 0) is 37.3 Å². The standard InChI is InChI=1S/C18H14N4O3S/c1-11-9-10-12-5-4-7-14(16(12)19-11)20-18(26)21-17(23)13-6-2-3-8-15(13)22(24)25/h2-10H,1H3,(H2,20,21,23,26). The normalized spacial score (nSPS) is 10.3. The van der Waals surface area contributed by atoms with Gasteiger partial charge in [-0.15, -0.1) is 0 Å². The summed E-state index contributed by atoms with van der Waals surface area (Å²) in [5, 5.41) is 17.4. The van der Waals surface area contributed by atoms with Gasteiger partial charge in [-0.3, -0.25) is 25.2 Å². The molecule has 0 fully saturated rings. The van der Waals surface area contributed by atoms with Crippen LogP contribution in [-0.4, -0.2) is 20.9 Å².